The molecule has 0 amide bonds. The minimum absolute atomic E-state index is 0.615. The van der Waals surface area contributed by atoms with Crippen LogP contribution in [0.1, 0.15) is 12.6 Å². The lowest BCUT2D eigenvalue weighted by atomic mass is 10.4. The molecule has 5 nitrogen and oxygen atoms in total. The van der Waals surface area contributed by atoms with Crippen LogP contribution >= 0.6 is 11.6 Å². The van der Waals surface area contributed by atoms with E-state index in [9.17, 15) is 0 Å². The van der Waals surface area contributed by atoms with Gasteiger partial charge in [0.1, 0.15) is 5.65 Å². The number of ether oxygens (including phenoxy) is 1. The van der Waals surface area contributed by atoms with Gasteiger partial charge in [-0.25, -0.2) is 9.97 Å². The normalized spacial score (nSPS) is 10.8. The predicted molar refractivity (Wildman–Crippen MR) is 82.9 cm³/mol. The van der Waals surface area contributed by atoms with Gasteiger partial charge in [-0.15, -0.1) is 0 Å². The van der Waals surface area contributed by atoms with E-state index in [-0.39, 0.29) is 0 Å². The number of nitrogens with zero attached hydrogens (tertiary/aromatic N) is 3. The van der Waals surface area contributed by atoms with Crippen molar-refractivity contribution in [3.8, 4) is 5.88 Å². The number of aromatic nitrogens is 3. The van der Waals surface area contributed by atoms with E-state index < -0.39 is 0 Å². The molecule has 0 spiro atoms. The molecular weight excluding hydrogens is 288 g/mol. The Labute approximate surface area is 127 Å². The molecule has 3 aromatic rings. The van der Waals surface area contributed by atoms with Crippen molar-refractivity contribution in [3.05, 3.63) is 53.6 Å². The van der Waals surface area contributed by atoms with Crippen molar-refractivity contribution in [2.45, 2.75) is 13.5 Å². The maximum atomic E-state index is 5.96. The van der Waals surface area contributed by atoms with Crippen LogP contribution < -0.4 is 10.1 Å². The summed E-state index contributed by atoms with van der Waals surface area (Å²) in [5, 5.41) is 3.97. The highest BCUT2D eigenvalue weighted by Gasteiger charge is 2.02. The van der Waals surface area contributed by atoms with Gasteiger partial charge in [0, 0.05) is 18.5 Å². The van der Waals surface area contributed by atoms with Crippen LogP contribution in [0.4, 0.5) is 5.69 Å². The first-order chi connectivity index (χ1) is 10.2. The molecule has 3 rings (SSSR count). The maximum Gasteiger partial charge on any atom is 0.213 e. The molecule has 0 bridgehead atoms. The predicted octanol–water partition coefficient (Wildman–Crippen LogP) is 3.39. The Morgan fingerprint density at radius 1 is 1.24 bits per heavy atom. The van der Waals surface area contributed by atoms with Gasteiger partial charge in [0.2, 0.25) is 5.88 Å². The fraction of sp³-hybridized carbons (Fsp3) is 0.200. The number of halogens is 1. The van der Waals surface area contributed by atoms with Crippen LogP contribution in [-0.2, 0) is 6.54 Å². The van der Waals surface area contributed by atoms with Crippen molar-refractivity contribution in [1.82, 2.24) is 14.4 Å². The molecule has 0 fully saturated rings. The number of pyridine rings is 2. The Kier molecular flexibility index (Phi) is 3.92. The van der Waals surface area contributed by atoms with Gasteiger partial charge in [0.15, 0.2) is 0 Å². The number of nitrogens with one attached hydrogen (secondary N) is 1. The van der Waals surface area contributed by atoms with Gasteiger partial charge in [-0.1, -0.05) is 11.6 Å². The summed E-state index contributed by atoms with van der Waals surface area (Å²) in [5.41, 5.74) is 2.74. The zero-order valence-electron chi connectivity index (χ0n) is 11.6. The standard InChI is InChI=1S/C15H15ClN4O/c1-2-21-15-6-4-12(7-18-15)17-8-13-10-20-9-11(16)3-5-14(20)19-13/h3-7,9-10,17H,2,8H2,1H3. The summed E-state index contributed by atoms with van der Waals surface area (Å²) in [6.45, 7) is 3.17. The molecule has 0 aromatic carbocycles. The van der Waals surface area contributed by atoms with E-state index in [1.807, 2.05) is 48.0 Å². The Hall–Kier alpha value is -2.27. The highest BCUT2D eigenvalue weighted by molar-refractivity contribution is 6.30. The van der Waals surface area contributed by atoms with E-state index >= 15 is 0 Å². The molecular formula is C15H15ClN4O. The van der Waals surface area contributed by atoms with E-state index in [4.69, 9.17) is 16.3 Å². The van der Waals surface area contributed by atoms with Gasteiger partial charge in [-0.05, 0) is 25.1 Å². The van der Waals surface area contributed by atoms with Crippen molar-refractivity contribution < 1.29 is 4.74 Å². The van der Waals surface area contributed by atoms with Crippen LogP contribution in [0.15, 0.2) is 42.9 Å². The topological polar surface area (TPSA) is 51.5 Å². The monoisotopic (exact) mass is 302 g/mol. The molecule has 0 unspecified atom stereocenters. The summed E-state index contributed by atoms with van der Waals surface area (Å²) in [4.78, 5) is 8.72. The molecule has 0 radical (unpaired) electrons. The van der Waals surface area contributed by atoms with Gasteiger partial charge in [0.25, 0.3) is 0 Å². The van der Waals surface area contributed by atoms with Crippen LogP contribution in [-0.4, -0.2) is 21.0 Å². The summed E-state index contributed by atoms with van der Waals surface area (Å²) < 4.78 is 7.22. The quantitative estimate of drug-likeness (QED) is 0.785. The van der Waals surface area contributed by atoms with Crippen molar-refractivity contribution in [3.63, 3.8) is 0 Å². The first kappa shape index (κ1) is 13.7. The fourth-order valence-corrected chi connectivity index (χ4v) is 2.18. The van der Waals surface area contributed by atoms with Crippen molar-refractivity contribution >= 4 is 22.9 Å². The van der Waals surface area contributed by atoms with Crippen LogP contribution in [0.25, 0.3) is 5.65 Å². The van der Waals surface area contributed by atoms with Crippen LogP contribution in [0, 0.1) is 0 Å². The number of imidazole rings is 1. The van der Waals surface area contributed by atoms with Gasteiger partial charge in [0.05, 0.1) is 35.8 Å². The van der Waals surface area contributed by atoms with Gasteiger partial charge in [-0.2, -0.15) is 0 Å². The molecule has 0 aliphatic heterocycles. The lowest BCUT2D eigenvalue weighted by Gasteiger charge is -2.05. The maximum absolute atomic E-state index is 5.96. The molecule has 108 valence electrons. The van der Waals surface area contributed by atoms with Gasteiger partial charge >= 0.3 is 0 Å². The lowest BCUT2D eigenvalue weighted by molar-refractivity contribution is 0.327. The van der Waals surface area contributed by atoms with Crippen molar-refractivity contribution in [2.24, 2.45) is 0 Å². The van der Waals surface area contributed by atoms with Gasteiger partial charge < -0.3 is 14.5 Å². The van der Waals surface area contributed by atoms with Crippen molar-refractivity contribution in [1.29, 1.82) is 0 Å². The molecule has 3 heterocycles. The minimum atomic E-state index is 0.615. The van der Waals surface area contributed by atoms with Gasteiger partial charge in [-0.3, -0.25) is 0 Å². The zero-order chi connectivity index (χ0) is 14.7. The first-order valence-electron chi connectivity index (χ1n) is 6.70. The van der Waals surface area contributed by atoms with E-state index in [0.717, 1.165) is 17.0 Å². The fourth-order valence-electron chi connectivity index (χ4n) is 2.01. The Balaban J connectivity index is 1.68. The smallest absolute Gasteiger partial charge is 0.213 e. The van der Waals surface area contributed by atoms with Crippen molar-refractivity contribution in [2.75, 3.05) is 11.9 Å². The first-order valence-corrected chi connectivity index (χ1v) is 7.08. The average Bonchev–Trinajstić information content (AvgIpc) is 2.89. The zero-order valence-corrected chi connectivity index (χ0v) is 12.3. The van der Waals surface area contributed by atoms with Crippen LogP contribution in [0.3, 0.4) is 0 Å². The third kappa shape index (κ3) is 3.25. The average molecular weight is 303 g/mol. The summed E-state index contributed by atoms with van der Waals surface area (Å²) >= 11 is 5.96. The molecule has 3 aromatic heterocycles. The molecule has 1 N–H and O–H groups in total. The highest BCUT2D eigenvalue weighted by Crippen LogP contribution is 2.14. The van der Waals surface area contributed by atoms with Crippen LogP contribution in [0.5, 0.6) is 5.88 Å². The lowest BCUT2D eigenvalue weighted by Crippen LogP contribution is -2.01. The number of hydrogen-bond donors (Lipinski definition) is 1. The summed E-state index contributed by atoms with van der Waals surface area (Å²) in [6.07, 6.45) is 5.54. The molecule has 0 atom stereocenters. The number of fused-ring (bicyclic) bond motifs is 1. The molecule has 21 heavy (non-hydrogen) atoms. The number of anilines is 1. The molecule has 0 aliphatic rings. The van der Waals surface area contributed by atoms with E-state index in [1.165, 1.54) is 0 Å². The molecule has 0 aliphatic carbocycles. The second-order valence-corrected chi connectivity index (χ2v) is 4.95. The van der Waals surface area contributed by atoms with E-state index in [0.29, 0.717) is 24.1 Å². The third-order valence-corrected chi connectivity index (χ3v) is 3.19. The summed E-state index contributed by atoms with van der Waals surface area (Å²) in [6, 6.07) is 7.50. The summed E-state index contributed by atoms with van der Waals surface area (Å²) in [5.74, 6) is 0.630. The van der Waals surface area contributed by atoms with E-state index in [2.05, 4.69) is 15.3 Å². The molecule has 0 saturated heterocycles. The minimum Gasteiger partial charge on any atom is -0.478 e. The van der Waals surface area contributed by atoms with E-state index in [1.54, 1.807) is 6.20 Å². The Morgan fingerprint density at radius 2 is 2.14 bits per heavy atom. The third-order valence-electron chi connectivity index (χ3n) is 2.97. The molecule has 0 saturated carbocycles. The second-order valence-electron chi connectivity index (χ2n) is 4.52. The second kappa shape index (κ2) is 6.01. The Morgan fingerprint density at radius 3 is 2.90 bits per heavy atom. The largest absolute Gasteiger partial charge is 0.478 e. The number of rotatable bonds is 5. The summed E-state index contributed by atoms with van der Waals surface area (Å²) in [7, 11) is 0. The SMILES string of the molecule is CCOc1ccc(NCc2cn3cc(Cl)ccc3n2)cn1. The van der Waals surface area contributed by atoms with Crippen LogP contribution in [0.2, 0.25) is 5.02 Å². The molecule has 6 heteroatoms. The Bertz CT molecular complexity index is 739. The highest BCUT2D eigenvalue weighted by atomic mass is 35.5. The number of hydrogen-bond acceptors (Lipinski definition) is 4.